The molecule has 280 valence electrons. The largest absolute Gasteiger partial charge is 0.227 e. The third-order valence-corrected chi connectivity index (χ3v) is 13.8. The van der Waals surface area contributed by atoms with Gasteiger partial charge in [-0.25, -0.2) is 9.97 Å². The van der Waals surface area contributed by atoms with Crippen LogP contribution in [0.15, 0.2) is 206 Å². The molecule has 1 aromatic heterocycles. The zero-order chi connectivity index (χ0) is 39.8. The first kappa shape index (κ1) is 33.0. The van der Waals surface area contributed by atoms with Crippen molar-refractivity contribution in [2.45, 2.75) is 5.41 Å². The van der Waals surface area contributed by atoms with Gasteiger partial charge in [0.25, 0.3) is 0 Å². The van der Waals surface area contributed by atoms with Gasteiger partial charge in [0.15, 0.2) is 5.82 Å². The molecule has 2 nitrogen and oxygen atoms in total. The second kappa shape index (κ2) is 12.1. The summed E-state index contributed by atoms with van der Waals surface area (Å²) in [6, 6.07) is 76.2. The van der Waals surface area contributed by atoms with Gasteiger partial charge in [-0.3, -0.25) is 0 Å². The maximum absolute atomic E-state index is 5.56. The van der Waals surface area contributed by atoms with Gasteiger partial charge in [-0.05, 0) is 111 Å². The van der Waals surface area contributed by atoms with E-state index in [0.717, 1.165) is 38.9 Å². The smallest absolute Gasteiger partial charge is 0.161 e. The molecule has 0 amide bonds. The third kappa shape index (κ3) is 4.26. The topological polar surface area (TPSA) is 25.8 Å². The van der Waals surface area contributed by atoms with Gasteiger partial charge < -0.3 is 0 Å². The van der Waals surface area contributed by atoms with Crippen molar-refractivity contribution < 1.29 is 0 Å². The molecule has 1 atom stereocenters. The molecule has 12 aromatic rings. The standard InChI is InChI=1S/C59H34N2/c1-2-17-37(18-3-1)56-47-32-30-36-16-5-7-20-39(36)57(47)61-58(60-56)46-26-14-28-52-54(46)45-25-12-13-27-51(45)59(52)53-34-49-43-24-11-9-22-41(43)40-21-8-10-23-42(40)48(49)33-50(53)44-31-29-35-15-4-6-19-38(35)55(44)59/h1-34H. The number of hydrogen-bond acceptors (Lipinski definition) is 2. The lowest BCUT2D eigenvalue weighted by Crippen LogP contribution is -2.26. The summed E-state index contributed by atoms with van der Waals surface area (Å²) in [5.74, 6) is 0.735. The summed E-state index contributed by atoms with van der Waals surface area (Å²) in [7, 11) is 0. The van der Waals surface area contributed by atoms with Gasteiger partial charge in [-0.2, -0.15) is 0 Å². The van der Waals surface area contributed by atoms with Crippen LogP contribution in [0, 0.1) is 0 Å². The first-order valence-corrected chi connectivity index (χ1v) is 21.2. The van der Waals surface area contributed by atoms with Gasteiger partial charge >= 0.3 is 0 Å². The van der Waals surface area contributed by atoms with E-state index in [-0.39, 0.29) is 0 Å². The Balaban J connectivity index is 1.15. The highest BCUT2D eigenvalue weighted by Gasteiger charge is 2.53. The Hall–Kier alpha value is -7.94. The quantitative estimate of drug-likeness (QED) is 0.164. The van der Waals surface area contributed by atoms with E-state index in [4.69, 9.17) is 9.97 Å². The van der Waals surface area contributed by atoms with Crippen LogP contribution in [-0.4, -0.2) is 9.97 Å². The fourth-order valence-electron chi connectivity index (χ4n) is 11.4. The van der Waals surface area contributed by atoms with Crippen LogP contribution >= 0.6 is 0 Å². The summed E-state index contributed by atoms with van der Waals surface area (Å²) in [6.45, 7) is 0. The number of fused-ring (bicyclic) bond motifs is 21. The molecule has 0 N–H and O–H groups in total. The van der Waals surface area contributed by atoms with Crippen molar-refractivity contribution in [2.75, 3.05) is 0 Å². The summed E-state index contributed by atoms with van der Waals surface area (Å²) in [5, 5.41) is 13.6. The van der Waals surface area contributed by atoms with Gasteiger partial charge in [0.05, 0.1) is 16.6 Å². The fraction of sp³-hybridized carbons (Fsp3) is 0.0169. The summed E-state index contributed by atoms with van der Waals surface area (Å²) in [5.41, 5.74) is 13.7. The van der Waals surface area contributed by atoms with Gasteiger partial charge in [0, 0.05) is 21.9 Å². The summed E-state index contributed by atoms with van der Waals surface area (Å²) in [6.07, 6.45) is 0. The number of aromatic nitrogens is 2. The molecule has 1 unspecified atom stereocenters. The molecule has 1 spiro atoms. The Morgan fingerprint density at radius 1 is 0.311 bits per heavy atom. The van der Waals surface area contributed by atoms with E-state index in [1.165, 1.54) is 93.0 Å². The van der Waals surface area contributed by atoms with E-state index in [1.807, 2.05) is 0 Å². The highest BCUT2D eigenvalue weighted by atomic mass is 14.9. The van der Waals surface area contributed by atoms with E-state index >= 15 is 0 Å². The lowest BCUT2D eigenvalue weighted by Gasteiger charge is -2.32. The molecule has 0 fully saturated rings. The molecule has 0 saturated carbocycles. The highest BCUT2D eigenvalue weighted by molar-refractivity contribution is 6.26. The molecule has 2 aliphatic rings. The van der Waals surface area contributed by atoms with E-state index in [9.17, 15) is 0 Å². The van der Waals surface area contributed by atoms with Crippen LogP contribution in [0.4, 0.5) is 0 Å². The SMILES string of the molecule is c1ccc(-c2nc(-c3cccc4c3-c3ccccc3C43c4cc5c6ccccc6c6ccccc6c5cc4-c4ccc5ccccc5c43)nc3c2ccc2ccccc23)cc1. The average molecular weight is 771 g/mol. The molecule has 0 radical (unpaired) electrons. The van der Waals surface area contributed by atoms with Gasteiger partial charge in [-0.1, -0.05) is 188 Å². The Kier molecular flexibility index (Phi) is 6.52. The van der Waals surface area contributed by atoms with Crippen molar-refractivity contribution in [3.8, 4) is 44.9 Å². The first-order chi connectivity index (χ1) is 30.3. The molecule has 1 heterocycles. The predicted octanol–water partition coefficient (Wildman–Crippen LogP) is 15.1. The van der Waals surface area contributed by atoms with Crippen molar-refractivity contribution >= 4 is 64.8 Å². The van der Waals surface area contributed by atoms with Gasteiger partial charge in [0.2, 0.25) is 0 Å². The third-order valence-electron chi connectivity index (χ3n) is 13.8. The van der Waals surface area contributed by atoms with Crippen molar-refractivity contribution in [1.82, 2.24) is 9.97 Å². The minimum atomic E-state index is -0.597. The lowest BCUT2D eigenvalue weighted by molar-refractivity contribution is 0.803. The van der Waals surface area contributed by atoms with Gasteiger partial charge in [0.1, 0.15) is 0 Å². The van der Waals surface area contributed by atoms with E-state index in [0.29, 0.717) is 0 Å². The van der Waals surface area contributed by atoms with E-state index in [1.54, 1.807) is 0 Å². The minimum absolute atomic E-state index is 0.597. The second-order valence-corrected chi connectivity index (χ2v) is 16.7. The molecule has 0 aliphatic heterocycles. The number of rotatable bonds is 2. The molecule has 14 rings (SSSR count). The normalized spacial score (nSPS) is 15.0. The number of benzene rings is 11. The molecule has 2 aliphatic carbocycles. The van der Waals surface area contributed by atoms with E-state index < -0.39 is 5.41 Å². The average Bonchev–Trinajstić information content (AvgIpc) is 3.80. The van der Waals surface area contributed by atoms with Crippen LogP contribution in [0.25, 0.3) is 110 Å². The summed E-state index contributed by atoms with van der Waals surface area (Å²) >= 11 is 0. The monoisotopic (exact) mass is 770 g/mol. The van der Waals surface area contributed by atoms with Crippen LogP contribution in [0.3, 0.4) is 0 Å². The van der Waals surface area contributed by atoms with Crippen molar-refractivity contribution in [1.29, 1.82) is 0 Å². The maximum Gasteiger partial charge on any atom is 0.161 e. The summed E-state index contributed by atoms with van der Waals surface area (Å²) in [4.78, 5) is 11.1. The highest BCUT2D eigenvalue weighted by Crippen LogP contribution is 2.66. The van der Waals surface area contributed by atoms with Crippen LogP contribution in [0.2, 0.25) is 0 Å². The minimum Gasteiger partial charge on any atom is -0.227 e. The van der Waals surface area contributed by atoms with Crippen LogP contribution in [-0.2, 0) is 5.41 Å². The zero-order valence-corrected chi connectivity index (χ0v) is 33.0. The van der Waals surface area contributed by atoms with Crippen LogP contribution < -0.4 is 0 Å². The molecule has 2 heteroatoms. The molecule has 11 aromatic carbocycles. The molecule has 0 bridgehead atoms. The van der Waals surface area contributed by atoms with Crippen LogP contribution in [0.1, 0.15) is 22.3 Å². The lowest BCUT2D eigenvalue weighted by atomic mass is 9.69. The summed E-state index contributed by atoms with van der Waals surface area (Å²) < 4.78 is 0. The fourth-order valence-corrected chi connectivity index (χ4v) is 11.4. The molecule has 61 heavy (non-hydrogen) atoms. The van der Waals surface area contributed by atoms with Crippen molar-refractivity contribution in [3.63, 3.8) is 0 Å². The molecular formula is C59H34N2. The van der Waals surface area contributed by atoms with E-state index in [2.05, 4.69) is 206 Å². The number of hydrogen-bond donors (Lipinski definition) is 0. The van der Waals surface area contributed by atoms with Gasteiger partial charge in [-0.15, -0.1) is 0 Å². The maximum atomic E-state index is 5.56. The second-order valence-electron chi connectivity index (χ2n) is 16.7. The Labute approximate surface area is 352 Å². The van der Waals surface area contributed by atoms with Crippen molar-refractivity contribution in [2.24, 2.45) is 0 Å². The Morgan fingerprint density at radius 3 is 1.66 bits per heavy atom. The zero-order valence-electron chi connectivity index (χ0n) is 33.0. The molecule has 0 saturated heterocycles. The van der Waals surface area contributed by atoms with Crippen molar-refractivity contribution in [3.05, 3.63) is 229 Å². The Bertz CT molecular complexity index is 3880. The Morgan fingerprint density at radius 2 is 0.885 bits per heavy atom. The first-order valence-electron chi connectivity index (χ1n) is 21.2. The predicted molar refractivity (Wildman–Crippen MR) is 254 cm³/mol. The molecular weight excluding hydrogens is 737 g/mol. The van der Waals surface area contributed by atoms with Crippen LogP contribution in [0.5, 0.6) is 0 Å². The number of nitrogens with zero attached hydrogens (tertiary/aromatic N) is 2.